The highest BCUT2D eigenvalue weighted by Gasteiger charge is 2.23. The number of hydrogen-bond acceptors (Lipinski definition) is 5. The minimum atomic E-state index is -0.285. The average Bonchev–Trinajstić information content (AvgIpc) is 2.73. The number of ether oxygens (including phenoxy) is 1. The topological polar surface area (TPSA) is 79.4 Å². The quantitative estimate of drug-likeness (QED) is 0.845. The van der Waals surface area contributed by atoms with E-state index in [0.717, 1.165) is 49.3 Å². The fourth-order valence-corrected chi connectivity index (χ4v) is 3.46. The number of rotatable bonds is 4. The molecule has 1 aromatic carbocycles. The summed E-state index contributed by atoms with van der Waals surface area (Å²) in [6.07, 6.45) is 4.48. The number of halogens is 1. The molecule has 0 aliphatic carbocycles. The molecular weight excluding hydrogens is 361 g/mol. The van der Waals surface area contributed by atoms with Crippen LogP contribution in [0.1, 0.15) is 29.7 Å². The largest absolute Gasteiger partial charge is 0.381 e. The second kappa shape index (κ2) is 8.52. The third-order valence-corrected chi connectivity index (χ3v) is 5.14. The molecule has 0 spiro atoms. The van der Waals surface area contributed by atoms with E-state index in [2.05, 4.69) is 20.6 Å². The van der Waals surface area contributed by atoms with Crippen LogP contribution in [0.25, 0.3) is 0 Å². The molecular formula is C20H24FN5O2. The van der Waals surface area contributed by atoms with Crippen molar-refractivity contribution < 1.29 is 13.9 Å². The molecule has 2 aliphatic rings. The minimum Gasteiger partial charge on any atom is -0.381 e. The number of urea groups is 1. The van der Waals surface area contributed by atoms with Crippen molar-refractivity contribution in [3.63, 3.8) is 0 Å². The summed E-state index contributed by atoms with van der Waals surface area (Å²) in [5, 5.41) is 6.27. The lowest BCUT2D eigenvalue weighted by Crippen LogP contribution is -2.43. The summed E-state index contributed by atoms with van der Waals surface area (Å²) in [5.74, 6) is 0.326. The standard InChI is InChI=1S/C20H24FN5O2/c21-16-3-1-14(2-4-16)11-23-20(27)26-8-5-15-12-22-19(25-18(15)13-26)24-17-6-9-28-10-7-17/h1-4,12,17H,5-11,13H2,(H,23,27)(H,22,24,25). The van der Waals surface area contributed by atoms with Crippen LogP contribution in [0.15, 0.2) is 30.5 Å². The fraction of sp³-hybridized carbons (Fsp3) is 0.450. The zero-order chi connectivity index (χ0) is 19.3. The van der Waals surface area contributed by atoms with Crippen molar-refractivity contribution in [1.29, 1.82) is 0 Å². The van der Waals surface area contributed by atoms with Crippen molar-refractivity contribution in [2.75, 3.05) is 25.1 Å². The molecule has 148 valence electrons. The van der Waals surface area contributed by atoms with Crippen LogP contribution in [0.5, 0.6) is 0 Å². The Morgan fingerprint density at radius 3 is 2.82 bits per heavy atom. The molecule has 1 fully saturated rings. The van der Waals surface area contributed by atoms with E-state index < -0.39 is 0 Å². The van der Waals surface area contributed by atoms with Crippen LogP contribution in [0.3, 0.4) is 0 Å². The van der Waals surface area contributed by atoms with E-state index >= 15 is 0 Å². The van der Waals surface area contributed by atoms with Gasteiger partial charge in [0.25, 0.3) is 0 Å². The highest BCUT2D eigenvalue weighted by molar-refractivity contribution is 5.74. The van der Waals surface area contributed by atoms with E-state index in [0.29, 0.717) is 31.6 Å². The van der Waals surface area contributed by atoms with Gasteiger partial charge in [-0.2, -0.15) is 0 Å². The van der Waals surface area contributed by atoms with Crippen LogP contribution in [-0.2, 0) is 24.2 Å². The maximum atomic E-state index is 13.0. The van der Waals surface area contributed by atoms with E-state index in [-0.39, 0.29) is 11.8 Å². The van der Waals surface area contributed by atoms with Gasteiger partial charge in [0.2, 0.25) is 5.95 Å². The predicted molar refractivity (Wildman–Crippen MR) is 102 cm³/mol. The second-order valence-electron chi connectivity index (χ2n) is 7.15. The Kier molecular flexibility index (Phi) is 5.66. The zero-order valence-corrected chi connectivity index (χ0v) is 15.7. The number of nitrogens with one attached hydrogen (secondary N) is 2. The lowest BCUT2D eigenvalue weighted by atomic mass is 10.1. The van der Waals surface area contributed by atoms with Gasteiger partial charge in [0.1, 0.15) is 5.82 Å². The van der Waals surface area contributed by atoms with Gasteiger partial charge in [-0.3, -0.25) is 0 Å². The third-order valence-electron chi connectivity index (χ3n) is 5.14. The molecule has 0 unspecified atom stereocenters. The SMILES string of the molecule is O=C(NCc1ccc(F)cc1)N1CCc2cnc(NC3CCOCC3)nc2C1. The number of amides is 2. The molecule has 2 amide bonds. The van der Waals surface area contributed by atoms with E-state index in [4.69, 9.17) is 4.74 Å². The first kappa shape index (κ1) is 18.6. The predicted octanol–water partition coefficient (Wildman–Crippen LogP) is 2.47. The molecule has 0 bridgehead atoms. The van der Waals surface area contributed by atoms with E-state index in [9.17, 15) is 9.18 Å². The van der Waals surface area contributed by atoms with Crippen LogP contribution < -0.4 is 10.6 Å². The van der Waals surface area contributed by atoms with Crippen molar-refractivity contribution >= 4 is 12.0 Å². The Hall–Kier alpha value is -2.74. The number of nitrogens with zero attached hydrogens (tertiary/aromatic N) is 3. The molecule has 3 heterocycles. The number of benzene rings is 1. The first-order valence-corrected chi connectivity index (χ1v) is 9.63. The van der Waals surface area contributed by atoms with Gasteiger partial charge in [-0.05, 0) is 42.5 Å². The number of carbonyl (C=O) groups is 1. The summed E-state index contributed by atoms with van der Waals surface area (Å²) in [6, 6.07) is 6.30. The van der Waals surface area contributed by atoms with E-state index in [1.54, 1.807) is 17.0 Å². The Labute approximate surface area is 163 Å². The van der Waals surface area contributed by atoms with Gasteiger partial charge in [0, 0.05) is 38.5 Å². The maximum Gasteiger partial charge on any atom is 0.318 e. The van der Waals surface area contributed by atoms with Crippen molar-refractivity contribution in [1.82, 2.24) is 20.2 Å². The van der Waals surface area contributed by atoms with Gasteiger partial charge in [-0.15, -0.1) is 0 Å². The summed E-state index contributed by atoms with van der Waals surface area (Å²) in [5.41, 5.74) is 2.82. The number of hydrogen-bond donors (Lipinski definition) is 2. The summed E-state index contributed by atoms with van der Waals surface area (Å²) >= 11 is 0. The average molecular weight is 385 g/mol. The van der Waals surface area contributed by atoms with Crippen LogP contribution in [-0.4, -0.2) is 46.7 Å². The molecule has 2 aliphatic heterocycles. The summed E-state index contributed by atoms with van der Waals surface area (Å²) in [4.78, 5) is 23.3. The third kappa shape index (κ3) is 4.56. The van der Waals surface area contributed by atoms with E-state index in [1.807, 2.05) is 6.20 Å². The summed E-state index contributed by atoms with van der Waals surface area (Å²) in [6.45, 7) is 2.95. The molecule has 0 atom stereocenters. The van der Waals surface area contributed by atoms with Gasteiger partial charge in [-0.25, -0.2) is 19.2 Å². The number of aromatic nitrogens is 2. The molecule has 7 nitrogen and oxygen atoms in total. The number of anilines is 1. The van der Waals surface area contributed by atoms with Gasteiger partial charge >= 0.3 is 6.03 Å². The number of fused-ring (bicyclic) bond motifs is 1. The lowest BCUT2D eigenvalue weighted by molar-refractivity contribution is 0.0903. The molecule has 4 rings (SSSR count). The summed E-state index contributed by atoms with van der Waals surface area (Å²) < 4.78 is 18.4. The molecule has 1 aromatic heterocycles. The fourth-order valence-electron chi connectivity index (χ4n) is 3.46. The molecule has 8 heteroatoms. The van der Waals surface area contributed by atoms with Crippen molar-refractivity contribution in [2.45, 2.75) is 38.4 Å². The van der Waals surface area contributed by atoms with Gasteiger partial charge in [0.05, 0.1) is 12.2 Å². The van der Waals surface area contributed by atoms with Crippen LogP contribution in [0.4, 0.5) is 15.1 Å². The zero-order valence-electron chi connectivity index (χ0n) is 15.7. The lowest BCUT2D eigenvalue weighted by Gasteiger charge is -2.29. The highest BCUT2D eigenvalue weighted by atomic mass is 19.1. The first-order chi connectivity index (χ1) is 13.7. The molecule has 1 saturated heterocycles. The Morgan fingerprint density at radius 2 is 2.04 bits per heavy atom. The van der Waals surface area contributed by atoms with Crippen molar-refractivity contribution in [2.24, 2.45) is 0 Å². The molecule has 0 saturated carbocycles. The molecule has 0 radical (unpaired) electrons. The van der Waals surface area contributed by atoms with Crippen molar-refractivity contribution in [3.8, 4) is 0 Å². The van der Waals surface area contributed by atoms with E-state index in [1.165, 1.54) is 12.1 Å². The Bertz CT molecular complexity index is 824. The van der Waals surface area contributed by atoms with Crippen molar-refractivity contribution in [3.05, 3.63) is 53.1 Å². The summed E-state index contributed by atoms with van der Waals surface area (Å²) in [7, 11) is 0. The second-order valence-corrected chi connectivity index (χ2v) is 7.15. The first-order valence-electron chi connectivity index (χ1n) is 9.63. The minimum absolute atomic E-state index is 0.146. The Balaban J connectivity index is 1.35. The van der Waals surface area contributed by atoms with Gasteiger partial charge < -0.3 is 20.3 Å². The van der Waals surface area contributed by atoms with Gasteiger partial charge in [0.15, 0.2) is 0 Å². The van der Waals surface area contributed by atoms with Crippen LogP contribution in [0.2, 0.25) is 0 Å². The van der Waals surface area contributed by atoms with Crippen LogP contribution >= 0.6 is 0 Å². The molecule has 2 aromatic rings. The maximum absolute atomic E-state index is 13.0. The molecule has 28 heavy (non-hydrogen) atoms. The smallest absolute Gasteiger partial charge is 0.318 e. The molecule has 2 N–H and O–H groups in total. The monoisotopic (exact) mass is 385 g/mol. The normalized spacial score (nSPS) is 17.1. The Morgan fingerprint density at radius 1 is 1.25 bits per heavy atom. The van der Waals surface area contributed by atoms with Gasteiger partial charge in [-0.1, -0.05) is 12.1 Å². The number of carbonyl (C=O) groups excluding carboxylic acids is 1. The van der Waals surface area contributed by atoms with Crippen LogP contribution in [0, 0.1) is 5.82 Å². The highest BCUT2D eigenvalue weighted by Crippen LogP contribution is 2.19.